The van der Waals surface area contributed by atoms with Gasteiger partial charge in [0.05, 0.1) is 18.1 Å². The lowest BCUT2D eigenvalue weighted by atomic mass is 9.79. The van der Waals surface area contributed by atoms with Gasteiger partial charge in [-0.25, -0.2) is 9.36 Å². The quantitative estimate of drug-likeness (QED) is 0.607. The molecule has 2 aliphatic rings. The van der Waals surface area contributed by atoms with Crippen LogP contribution in [0.5, 0.6) is 0 Å². The van der Waals surface area contributed by atoms with Crippen molar-refractivity contribution in [3.63, 3.8) is 0 Å². The van der Waals surface area contributed by atoms with E-state index in [2.05, 4.69) is 0 Å². The number of amides is 1. The van der Waals surface area contributed by atoms with Crippen molar-refractivity contribution in [1.82, 2.24) is 4.90 Å². The number of aromatic nitrogens is 1. The molecule has 6 nitrogen and oxygen atoms in total. The number of hydrogen-bond acceptors (Lipinski definition) is 4. The fourth-order valence-electron chi connectivity index (χ4n) is 3.70. The Morgan fingerprint density at radius 2 is 2.12 bits per heavy atom. The number of fused-ring (bicyclic) bond motifs is 1. The van der Waals surface area contributed by atoms with Gasteiger partial charge in [0.1, 0.15) is 12.7 Å². The van der Waals surface area contributed by atoms with Gasteiger partial charge in [0.2, 0.25) is 5.91 Å². The molecular weight excluding hydrogens is 340 g/mol. The minimum atomic E-state index is -1.08. The summed E-state index contributed by atoms with van der Waals surface area (Å²) in [5, 5.41) is 19.5. The van der Waals surface area contributed by atoms with Crippen LogP contribution in [0.2, 0.25) is 0 Å². The summed E-state index contributed by atoms with van der Waals surface area (Å²) in [7, 11) is 1.97. The number of pyridine rings is 1. The summed E-state index contributed by atoms with van der Waals surface area (Å²) >= 11 is 1.47. The summed E-state index contributed by atoms with van der Waals surface area (Å²) < 4.78 is 2.03. The van der Waals surface area contributed by atoms with Gasteiger partial charge in [-0.3, -0.25) is 4.79 Å². The van der Waals surface area contributed by atoms with E-state index >= 15 is 0 Å². The van der Waals surface area contributed by atoms with Crippen molar-refractivity contribution in [1.29, 1.82) is 0 Å². The lowest BCUT2D eigenvalue weighted by Crippen LogP contribution is -2.63. The van der Waals surface area contributed by atoms with Gasteiger partial charge < -0.3 is 15.1 Å². The summed E-state index contributed by atoms with van der Waals surface area (Å²) in [4.78, 5) is 26.1. The zero-order valence-corrected chi connectivity index (χ0v) is 15.6. The van der Waals surface area contributed by atoms with E-state index in [1.807, 2.05) is 43.8 Å². The second-order valence-electron chi connectivity index (χ2n) is 6.85. The molecule has 0 unspecified atom stereocenters. The summed E-state index contributed by atoms with van der Waals surface area (Å²) in [6.45, 7) is 5.55. The molecule has 134 valence electrons. The molecule has 0 bridgehead atoms. The maximum atomic E-state index is 12.3. The molecular formula is C18H23N2O4S+. The Bertz CT molecular complexity index is 774. The van der Waals surface area contributed by atoms with Crippen LogP contribution >= 0.6 is 11.8 Å². The van der Waals surface area contributed by atoms with E-state index in [4.69, 9.17) is 0 Å². The number of carbonyl (C=O) groups excluding carboxylic acids is 1. The number of aliphatic hydroxyl groups excluding tert-OH is 1. The molecule has 1 amide bonds. The summed E-state index contributed by atoms with van der Waals surface area (Å²) in [6, 6.07) is 3.80. The van der Waals surface area contributed by atoms with E-state index in [-0.39, 0.29) is 23.6 Å². The van der Waals surface area contributed by atoms with Gasteiger partial charge in [0.15, 0.2) is 11.9 Å². The van der Waals surface area contributed by atoms with Gasteiger partial charge in [0, 0.05) is 35.1 Å². The first kappa shape index (κ1) is 17.9. The Balaban J connectivity index is 1.85. The number of nitrogens with zero attached hydrogens (tertiary/aromatic N) is 2. The first-order valence-electron chi connectivity index (χ1n) is 8.30. The summed E-state index contributed by atoms with van der Waals surface area (Å²) in [6.07, 6.45) is 1.26. The average Bonchev–Trinajstić information content (AvgIpc) is 2.77. The predicted molar refractivity (Wildman–Crippen MR) is 93.3 cm³/mol. The number of β-lactam (4-membered cyclic amide) rings is 1. The van der Waals surface area contributed by atoms with Crippen LogP contribution in [0, 0.1) is 18.8 Å². The molecule has 0 radical (unpaired) electrons. The molecule has 3 heterocycles. The van der Waals surface area contributed by atoms with Crippen LogP contribution in [0.4, 0.5) is 0 Å². The molecule has 0 spiro atoms. The molecule has 3 rings (SSSR count). The number of thioether (sulfide) groups is 1. The molecule has 7 heteroatoms. The molecule has 1 saturated heterocycles. The van der Waals surface area contributed by atoms with Crippen molar-refractivity contribution in [2.45, 2.75) is 38.7 Å². The van der Waals surface area contributed by atoms with Crippen LogP contribution in [0.3, 0.4) is 0 Å². The molecule has 0 saturated carbocycles. The van der Waals surface area contributed by atoms with Crippen molar-refractivity contribution in [3.8, 4) is 0 Å². The number of aryl methyl sites for hydroxylation is 2. The standard InChI is InChI=1S/C18H22N2O4S/c1-9-5-6-12(7-19(9)4)8-25-16-10(2)14-13(11(3)21)17(22)20(14)15(16)18(23)24/h5-7,10-11,13-14,21H,8H2,1-4H3/p+1/t10-,11-,13-,14+/m1/s1. The summed E-state index contributed by atoms with van der Waals surface area (Å²) in [5.74, 6) is -1.34. The first-order chi connectivity index (χ1) is 11.7. The molecule has 1 fully saturated rings. The molecule has 2 N–H and O–H groups in total. The third-order valence-corrected chi connectivity index (χ3v) is 6.51. The fraction of sp³-hybridized carbons (Fsp3) is 0.500. The molecule has 25 heavy (non-hydrogen) atoms. The highest BCUT2D eigenvalue weighted by Crippen LogP contribution is 2.50. The Hall–Kier alpha value is -1.86. The highest BCUT2D eigenvalue weighted by molar-refractivity contribution is 8.02. The molecule has 1 aromatic rings. The Kier molecular flexibility index (Phi) is 4.64. The molecule has 0 aromatic carbocycles. The Morgan fingerprint density at radius 3 is 2.68 bits per heavy atom. The van der Waals surface area contributed by atoms with Crippen molar-refractivity contribution in [2.24, 2.45) is 18.9 Å². The third kappa shape index (κ3) is 2.85. The highest BCUT2D eigenvalue weighted by atomic mass is 32.2. The maximum Gasteiger partial charge on any atom is 0.353 e. The Labute approximate surface area is 151 Å². The first-order valence-corrected chi connectivity index (χ1v) is 9.29. The fourth-order valence-corrected chi connectivity index (χ4v) is 4.92. The second kappa shape index (κ2) is 6.46. The van der Waals surface area contributed by atoms with Crippen molar-refractivity contribution >= 4 is 23.6 Å². The van der Waals surface area contributed by atoms with E-state index < -0.39 is 18.0 Å². The lowest BCUT2D eigenvalue weighted by Gasteiger charge is -2.46. The van der Waals surface area contributed by atoms with Gasteiger partial charge >= 0.3 is 5.97 Å². The normalized spacial score (nSPS) is 26.5. The van der Waals surface area contributed by atoms with Crippen molar-refractivity contribution in [3.05, 3.63) is 40.2 Å². The molecule has 1 aromatic heterocycles. The number of carbonyl (C=O) groups is 2. The zero-order chi connectivity index (χ0) is 18.5. The van der Waals surface area contributed by atoms with Gasteiger partial charge in [-0.1, -0.05) is 6.92 Å². The number of aliphatic carboxylic acids is 1. The van der Waals surface area contributed by atoms with E-state index in [1.165, 1.54) is 16.7 Å². The van der Waals surface area contributed by atoms with Crippen LogP contribution in [0.15, 0.2) is 28.9 Å². The molecule has 2 aliphatic heterocycles. The van der Waals surface area contributed by atoms with E-state index in [0.717, 1.165) is 16.2 Å². The topological polar surface area (TPSA) is 81.7 Å². The lowest BCUT2D eigenvalue weighted by molar-refractivity contribution is -0.678. The number of rotatable bonds is 5. The van der Waals surface area contributed by atoms with Crippen LogP contribution in [-0.2, 0) is 22.4 Å². The van der Waals surface area contributed by atoms with E-state index in [9.17, 15) is 19.8 Å². The van der Waals surface area contributed by atoms with Crippen molar-refractivity contribution < 1.29 is 24.4 Å². The minimum Gasteiger partial charge on any atom is -0.477 e. The molecule has 0 aliphatic carbocycles. The second-order valence-corrected chi connectivity index (χ2v) is 7.87. The van der Waals surface area contributed by atoms with Gasteiger partial charge in [-0.2, -0.15) is 0 Å². The monoisotopic (exact) mass is 363 g/mol. The van der Waals surface area contributed by atoms with Crippen LogP contribution in [-0.4, -0.2) is 39.1 Å². The van der Waals surface area contributed by atoms with Gasteiger partial charge in [-0.05, 0) is 13.0 Å². The van der Waals surface area contributed by atoms with Gasteiger partial charge in [0.25, 0.3) is 0 Å². The largest absolute Gasteiger partial charge is 0.477 e. The Morgan fingerprint density at radius 1 is 1.44 bits per heavy atom. The maximum absolute atomic E-state index is 12.3. The highest BCUT2D eigenvalue weighted by Gasteiger charge is 2.59. The van der Waals surface area contributed by atoms with E-state index in [0.29, 0.717) is 5.75 Å². The van der Waals surface area contributed by atoms with Crippen LogP contribution < -0.4 is 4.57 Å². The smallest absolute Gasteiger partial charge is 0.353 e. The molecule has 4 atom stereocenters. The third-order valence-electron chi connectivity index (χ3n) is 5.16. The predicted octanol–water partition coefficient (Wildman–Crippen LogP) is 1.21. The average molecular weight is 363 g/mol. The SMILES string of the molecule is Cc1ccc(CSC2=C(C(=O)O)N3C(=O)[C@H]([C@@H](C)O)[C@@H]3[C@H]2C)c[n+]1C. The van der Waals surface area contributed by atoms with Crippen molar-refractivity contribution in [2.75, 3.05) is 0 Å². The van der Waals surface area contributed by atoms with Crippen LogP contribution in [0.25, 0.3) is 0 Å². The minimum absolute atomic E-state index is 0.0842. The number of hydrogen-bond donors (Lipinski definition) is 2. The van der Waals surface area contributed by atoms with Crippen LogP contribution in [0.1, 0.15) is 25.1 Å². The van der Waals surface area contributed by atoms with Gasteiger partial charge in [-0.15, -0.1) is 11.8 Å². The number of carboxylic acid groups (broad SMARTS) is 1. The zero-order valence-electron chi connectivity index (χ0n) is 14.8. The van der Waals surface area contributed by atoms with E-state index in [1.54, 1.807) is 6.92 Å². The summed E-state index contributed by atoms with van der Waals surface area (Å²) in [5.41, 5.74) is 2.32. The number of carboxylic acids is 1. The number of aliphatic hydroxyl groups is 1.